The summed E-state index contributed by atoms with van der Waals surface area (Å²) in [5.74, 6) is 0.106. The number of carbonyl (C=O) groups is 1. The summed E-state index contributed by atoms with van der Waals surface area (Å²) < 4.78 is 5.93. The number of aromatic amines is 1. The topological polar surface area (TPSA) is 98.4 Å². The normalized spacial score (nSPS) is 14.8. The number of ether oxygens (including phenoxy) is 1. The Kier molecular flexibility index (Phi) is 5.23. The van der Waals surface area contributed by atoms with Crippen LogP contribution in [0.1, 0.15) is 29.8 Å². The van der Waals surface area contributed by atoms with Gasteiger partial charge in [-0.3, -0.25) is 15.1 Å². The summed E-state index contributed by atoms with van der Waals surface area (Å²) in [7, 11) is 1.48. The van der Waals surface area contributed by atoms with Crippen LogP contribution in [0.25, 0.3) is 10.9 Å². The molecule has 1 aliphatic heterocycles. The first-order chi connectivity index (χ1) is 12.1. The molecule has 2 heterocycles. The van der Waals surface area contributed by atoms with Crippen LogP contribution in [0.4, 0.5) is 0 Å². The lowest BCUT2D eigenvalue weighted by atomic mass is 10.2. The lowest BCUT2D eigenvalue weighted by Gasteiger charge is -2.14. The van der Waals surface area contributed by atoms with Crippen molar-refractivity contribution in [2.75, 3.05) is 33.3 Å². The van der Waals surface area contributed by atoms with Crippen molar-refractivity contribution in [3.8, 4) is 5.75 Å². The van der Waals surface area contributed by atoms with Gasteiger partial charge in [-0.15, -0.1) is 0 Å². The summed E-state index contributed by atoms with van der Waals surface area (Å²) >= 11 is 0. The molecule has 1 fully saturated rings. The average Bonchev–Trinajstić information content (AvgIpc) is 3.26. The summed E-state index contributed by atoms with van der Waals surface area (Å²) in [6.07, 6.45) is 3.58. The lowest BCUT2D eigenvalue weighted by Crippen LogP contribution is -2.38. The highest BCUT2D eigenvalue weighted by Crippen LogP contribution is 2.26. The van der Waals surface area contributed by atoms with Crippen molar-refractivity contribution in [3.63, 3.8) is 0 Å². The van der Waals surface area contributed by atoms with E-state index >= 15 is 0 Å². The quantitative estimate of drug-likeness (QED) is 0.424. The molecule has 3 rings (SSSR count). The Bertz CT molecular complexity index is 764. The molecule has 0 atom stereocenters. The van der Waals surface area contributed by atoms with Gasteiger partial charge in [-0.05, 0) is 44.5 Å². The first-order valence-electron chi connectivity index (χ1n) is 8.65. The van der Waals surface area contributed by atoms with Crippen LogP contribution in [0.2, 0.25) is 0 Å². The van der Waals surface area contributed by atoms with Crippen molar-refractivity contribution in [2.24, 2.45) is 5.73 Å². The first kappa shape index (κ1) is 17.3. The van der Waals surface area contributed by atoms with Crippen LogP contribution < -0.4 is 10.5 Å². The largest absolute Gasteiger partial charge is 0.491 e. The van der Waals surface area contributed by atoms with E-state index in [1.54, 1.807) is 6.07 Å². The minimum Gasteiger partial charge on any atom is -0.491 e. The fraction of sp³-hybridized carbons (Fsp3) is 0.444. The second-order valence-electron chi connectivity index (χ2n) is 6.40. The van der Waals surface area contributed by atoms with Gasteiger partial charge in [0.1, 0.15) is 11.4 Å². The van der Waals surface area contributed by atoms with Crippen molar-refractivity contribution < 1.29 is 9.53 Å². The summed E-state index contributed by atoms with van der Waals surface area (Å²) in [6.45, 7) is 4.10. The molecule has 7 nitrogen and oxygen atoms in total. The number of nitrogens with two attached hydrogens (primary N) is 1. The number of hydrogen-bond acceptors (Lipinski definition) is 4. The van der Waals surface area contributed by atoms with E-state index in [2.05, 4.69) is 9.88 Å². The smallest absolute Gasteiger partial charge is 0.276 e. The molecule has 1 aromatic heterocycles. The van der Waals surface area contributed by atoms with Gasteiger partial charge < -0.3 is 20.4 Å². The summed E-state index contributed by atoms with van der Waals surface area (Å²) in [4.78, 5) is 19.0. The molecule has 0 saturated carbocycles. The average molecular weight is 343 g/mol. The van der Waals surface area contributed by atoms with Crippen molar-refractivity contribution in [3.05, 3.63) is 30.0 Å². The predicted octanol–water partition coefficient (Wildman–Crippen LogP) is 2.00. The number of guanidine groups is 1. The SMILES string of the molecule is CN(C(=N)N)C(=O)c1cc2cccc(OCCCN3CCCC3)c2[nH]1. The third-order valence-electron chi connectivity index (χ3n) is 4.59. The second kappa shape index (κ2) is 7.57. The highest BCUT2D eigenvalue weighted by Gasteiger charge is 2.17. The van der Waals surface area contributed by atoms with Gasteiger partial charge in [-0.1, -0.05) is 12.1 Å². The monoisotopic (exact) mass is 343 g/mol. The van der Waals surface area contributed by atoms with E-state index in [4.69, 9.17) is 15.9 Å². The Hall–Kier alpha value is -2.54. The molecule has 1 saturated heterocycles. The fourth-order valence-electron chi connectivity index (χ4n) is 3.13. The molecular formula is C18H25N5O2. The molecule has 0 radical (unpaired) electrons. The maximum absolute atomic E-state index is 12.3. The standard InChI is InChI=1S/C18H25N5O2/c1-22(18(19)20)17(24)14-12-13-6-4-7-15(16(13)21-14)25-11-5-10-23-8-2-3-9-23/h4,6-7,12,21H,2-3,5,8-11H2,1H3,(H3,19,20). The van der Waals surface area contributed by atoms with E-state index in [0.717, 1.165) is 34.5 Å². The number of likely N-dealkylation sites (tertiary alicyclic amines) is 1. The number of aromatic nitrogens is 1. The Balaban J connectivity index is 1.66. The van der Waals surface area contributed by atoms with E-state index in [-0.39, 0.29) is 11.9 Å². The Morgan fingerprint density at radius 1 is 1.40 bits per heavy atom. The zero-order valence-electron chi connectivity index (χ0n) is 14.5. The molecule has 134 valence electrons. The van der Waals surface area contributed by atoms with E-state index in [1.807, 2.05) is 18.2 Å². The van der Waals surface area contributed by atoms with Crippen LogP contribution in [0, 0.1) is 5.41 Å². The zero-order valence-corrected chi connectivity index (χ0v) is 14.5. The Morgan fingerprint density at radius 2 is 2.16 bits per heavy atom. The molecule has 4 N–H and O–H groups in total. The van der Waals surface area contributed by atoms with Crippen molar-refractivity contribution in [1.29, 1.82) is 5.41 Å². The predicted molar refractivity (Wildman–Crippen MR) is 98.1 cm³/mol. The third kappa shape index (κ3) is 3.93. The number of nitrogens with one attached hydrogen (secondary N) is 2. The number of para-hydroxylation sites is 1. The molecule has 1 amide bonds. The van der Waals surface area contributed by atoms with E-state index in [1.165, 1.54) is 33.0 Å². The molecule has 0 unspecified atom stereocenters. The van der Waals surface area contributed by atoms with E-state index < -0.39 is 0 Å². The number of carbonyl (C=O) groups excluding carboxylic acids is 1. The summed E-state index contributed by atoms with van der Waals surface area (Å²) in [5, 5.41) is 8.28. The first-order valence-corrected chi connectivity index (χ1v) is 8.65. The molecule has 25 heavy (non-hydrogen) atoms. The third-order valence-corrected chi connectivity index (χ3v) is 4.59. The van der Waals surface area contributed by atoms with Crippen molar-refractivity contribution in [2.45, 2.75) is 19.3 Å². The number of rotatable bonds is 6. The van der Waals surface area contributed by atoms with Crippen molar-refractivity contribution in [1.82, 2.24) is 14.8 Å². The Labute approximate surface area is 147 Å². The van der Waals surface area contributed by atoms with Gasteiger partial charge in [-0.25, -0.2) is 0 Å². The van der Waals surface area contributed by atoms with Crippen LogP contribution in [0.3, 0.4) is 0 Å². The van der Waals surface area contributed by atoms with Gasteiger partial charge in [0.05, 0.1) is 12.1 Å². The molecule has 0 bridgehead atoms. The van der Waals surface area contributed by atoms with Crippen LogP contribution >= 0.6 is 0 Å². The zero-order chi connectivity index (χ0) is 17.8. The number of H-pyrrole nitrogens is 1. The van der Waals surface area contributed by atoms with Gasteiger partial charge in [0.15, 0.2) is 5.96 Å². The van der Waals surface area contributed by atoms with E-state index in [9.17, 15) is 4.79 Å². The summed E-state index contributed by atoms with van der Waals surface area (Å²) in [6, 6.07) is 7.49. The molecule has 1 aromatic carbocycles. The van der Waals surface area contributed by atoms with Gasteiger partial charge in [-0.2, -0.15) is 0 Å². The number of nitrogens with zero attached hydrogens (tertiary/aromatic N) is 2. The van der Waals surface area contributed by atoms with E-state index in [0.29, 0.717) is 12.3 Å². The maximum Gasteiger partial charge on any atom is 0.276 e. The molecule has 2 aromatic rings. The molecule has 0 aliphatic carbocycles. The Morgan fingerprint density at radius 3 is 2.88 bits per heavy atom. The minimum absolute atomic E-state index is 0.290. The van der Waals surface area contributed by atoms with Gasteiger partial charge >= 0.3 is 0 Å². The highest BCUT2D eigenvalue weighted by atomic mass is 16.5. The molecular weight excluding hydrogens is 318 g/mol. The van der Waals surface area contributed by atoms with Crippen LogP contribution in [-0.2, 0) is 0 Å². The number of hydrogen-bond donors (Lipinski definition) is 3. The summed E-state index contributed by atoms with van der Waals surface area (Å²) in [5.41, 5.74) is 6.56. The van der Waals surface area contributed by atoms with Gasteiger partial charge in [0.25, 0.3) is 5.91 Å². The van der Waals surface area contributed by atoms with Crippen LogP contribution in [-0.4, -0.2) is 59.9 Å². The second-order valence-corrected chi connectivity index (χ2v) is 6.40. The maximum atomic E-state index is 12.3. The lowest BCUT2D eigenvalue weighted by molar-refractivity contribution is 0.0864. The molecule has 0 spiro atoms. The number of amides is 1. The number of benzene rings is 1. The highest BCUT2D eigenvalue weighted by molar-refractivity contribution is 6.06. The van der Waals surface area contributed by atoms with Crippen LogP contribution in [0.5, 0.6) is 5.75 Å². The van der Waals surface area contributed by atoms with Crippen LogP contribution in [0.15, 0.2) is 24.3 Å². The molecule has 7 heteroatoms. The van der Waals surface area contributed by atoms with Crippen molar-refractivity contribution >= 4 is 22.8 Å². The van der Waals surface area contributed by atoms with Gasteiger partial charge in [0.2, 0.25) is 0 Å². The van der Waals surface area contributed by atoms with Gasteiger partial charge in [0, 0.05) is 19.0 Å². The molecule has 1 aliphatic rings. The minimum atomic E-state index is -0.344. The number of fused-ring (bicyclic) bond motifs is 1. The fourth-order valence-corrected chi connectivity index (χ4v) is 3.13.